The summed E-state index contributed by atoms with van der Waals surface area (Å²) < 4.78 is 5.64. The minimum absolute atomic E-state index is 0.0818. The lowest BCUT2D eigenvalue weighted by Crippen LogP contribution is -2.08. The monoisotopic (exact) mass is 352 g/mol. The Balaban J connectivity index is 2.05. The summed E-state index contributed by atoms with van der Waals surface area (Å²) >= 11 is 0. The van der Waals surface area contributed by atoms with Crippen LogP contribution in [-0.4, -0.2) is 34.6 Å². The molecular formula is C20H32O5. The number of ether oxygens (including phenoxy) is 1. The molecule has 1 aliphatic rings. The molecule has 0 aliphatic carbocycles. The second-order valence-electron chi connectivity index (χ2n) is 6.39. The van der Waals surface area contributed by atoms with E-state index in [4.69, 9.17) is 15.1 Å². The molecule has 0 amide bonds. The number of rotatable bonds is 15. The molecule has 1 heterocycles. The van der Waals surface area contributed by atoms with Crippen LogP contribution in [0.5, 0.6) is 0 Å². The van der Waals surface area contributed by atoms with E-state index in [1.807, 2.05) is 18.2 Å². The molecule has 0 spiro atoms. The van der Waals surface area contributed by atoms with Crippen molar-refractivity contribution in [1.82, 2.24) is 0 Å². The number of unbranched alkanes of at least 4 members (excludes halogenated alkanes) is 2. The highest BCUT2D eigenvalue weighted by Crippen LogP contribution is 2.30. The Morgan fingerprint density at radius 3 is 2.72 bits per heavy atom. The zero-order valence-electron chi connectivity index (χ0n) is 15.2. The minimum atomic E-state index is -0.837. The number of hydrogen-bond acceptors (Lipinski definition) is 4. The first-order valence-corrected chi connectivity index (χ1v) is 9.33. The van der Waals surface area contributed by atoms with Crippen LogP contribution in [0.1, 0.15) is 64.7 Å². The van der Waals surface area contributed by atoms with E-state index in [-0.39, 0.29) is 6.42 Å². The second-order valence-corrected chi connectivity index (χ2v) is 6.39. The summed E-state index contributed by atoms with van der Waals surface area (Å²) in [5.74, 6) is -0.837. The van der Waals surface area contributed by atoms with Gasteiger partial charge in [-0.3, -0.25) is 10.1 Å². The van der Waals surface area contributed by atoms with Crippen molar-refractivity contribution < 1.29 is 24.8 Å². The van der Waals surface area contributed by atoms with E-state index in [0.717, 1.165) is 12.8 Å². The van der Waals surface area contributed by atoms with Crippen LogP contribution < -0.4 is 0 Å². The van der Waals surface area contributed by atoms with E-state index in [0.29, 0.717) is 25.0 Å². The smallest absolute Gasteiger partial charge is 0.303 e. The highest BCUT2D eigenvalue weighted by molar-refractivity contribution is 5.66. The summed E-state index contributed by atoms with van der Waals surface area (Å²) in [5.41, 5.74) is 0. The highest BCUT2D eigenvalue weighted by atomic mass is 17.1. The molecular weight excluding hydrogens is 320 g/mol. The van der Waals surface area contributed by atoms with E-state index in [9.17, 15) is 4.79 Å². The van der Waals surface area contributed by atoms with Crippen LogP contribution >= 0.6 is 0 Å². The number of carboxylic acid groups (broad SMARTS) is 1. The maximum absolute atomic E-state index is 10.4. The first-order valence-electron chi connectivity index (χ1n) is 9.33. The lowest BCUT2D eigenvalue weighted by Gasteiger charge is -2.06. The lowest BCUT2D eigenvalue weighted by atomic mass is 10.1. The van der Waals surface area contributed by atoms with E-state index in [1.54, 1.807) is 6.08 Å². The molecule has 1 fully saturated rings. The van der Waals surface area contributed by atoms with Crippen LogP contribution in [0.2, 0.25) is 0 Å². The normalized spacial score (nSPS) is 21.5. The SMILES string of the molecule is CCCCC[C@@H]1O[C@@H]1C/C=C\C/C=C\C=C\[C@H](CCCC(=O)O)OO. The highest BCUT2D eigenvalue weighted by Gasteiger charge is 2.36. The molecule has 2 N–H and O–H groups in total. The van der Waals surface area contributed by atoms with Crippen molar-refractivity contribution in [3.8, 4) is 0 Å². The zero-order valence-corrected chi connectivity index (χ0v) is 15.2. The van der Waals surface area contributed by atoms with Crippen LogP contribution in [0.15, 0.2) is 36.5 Å². The summed E-state index contributed by atoms with van der Waals surface area (Å²) in [4.78, 5) is 14.7. The molecule has 0 aromatic rings. The molecule has 0 saturated carbocycles. The zero-order chi connectivity index (χ0) is 18.3. The number of aliphatic carboxylic acids is 1. The number of carbonyl (C=O) groups is 1. The predicted octanol–water partition coefficient (Wildman–Crippen LogP) is 4.90. The van der Waals surface area contributed by atoms with Gasteiger partial charge in [0.05, 0.1) is 12.2 Å². The molecule has 0 unspecified atom stereocenters. The van der Waals surface area contributed by atoms with Gasteiger partial charge in [-0.15, -0.1) is 0 Å². The van der Waals surface area contributed by atoms with Gasteiger partial charge in [0, 0.05) is 6.42 Å². The van der Waals surface area contributed by atoms with Crippen molar-refractivity contribution in [3.05, 3.63) is 36.5 Å². The Bertz CT molecular complexity index is 441. The Morgan fingerprint density at radius 2 is 2.00 bits per heavy atom. The van der Waals surface area contributed by atoms with Crippen LogP contribution in [-0.2, 0) is 14.4 Å². The topological polar surface area (TPSA) is 79.3 Å². The van der Waals surface area contributed by atoms with Gasteiger partial charge in [-0.25, -0.2) is 4.89 Å². The summed E-state index contributed by atoms with van der Waals surface area (Å²) in [6, 6.07) is 0. The van der Waals surface area contributed by atoms with E-state index in [2.05, 4.69) is 24.0 Å². The van der Waals surface area contributed by atoms with Gasteiger partial charge in [0.2, 0.25) is 0 Å². The summed E-state index contributed by atoms with van der Waals surface area (Å²) in [6.45, 7) is 2.22. The summed E-state index contributed by atoms with van der Waals surface area (Å²) in [7, 11) is 0. The lowest BCUT2D eigenvalue weighted by molar-refractivity contribution is -0.267. The maximum Gasteiger partial charge on any atom is 0.303 e. The Hall–Kier alpha value is -1.43. The van der Waals surface area contributed by atoms with Crippen LogP contribution in [0, 0.1) is 0 Å². The standard InChI is InChI=1S/C20H32O5/c1-2-3-8-14-18-19(24-18)15-10-7-5-4-6-9-12-17(25-23)13-11-16-20(21)22/h4,6-7,9-10,12,17-19,23H,2-3,5,8,11,13-16H2,1H3,(H,21,22)/b6-4-,10-7-,12-9+/t17-,18+,19-/m1/s1. The van der Waals surface area contributed by atoms with Gasteiger partial charge in [-0.05, 0) is 32.1 Å². The Kier molecular flexibility index (Phi) is 11.9. The molecule has 142 valence electrons. The third-order valence-electron chi connectivity index (χ3n) is 4.17. The second kappa shape index (κ2) is 13.8. The van der Waals surface area contributed by atoms with Crippen molar-refractivity contribution in [1.29, 1.82) is 0 Å². The van der Waals surface area contributed by atoms with Crippen molar-refractivity contribution in [2.45, 2.75) is 83.0 Å². The minimum Gasteiger partial charge on any atom is -0.481 e. The van der Waals surface area contributed by atoms with Gasteiger partial charge in [-0.1, -0.05) is 62.6 Å². The van der Waals surface area contributed by atoms with Crippen LogP contribution in [0.25, 0.3) is 0 Å². The van der Waals surface area contributed by atoms with Gasteiger partial charge >= 0.3 is 5.97 Å². The van der Waals surface area contributed by atoms with Gasteiger partial charge in [-0.2, -0.15) is 0 Å². The molecule has 0 aromatic carbocycles. The van der Waals surface area contributed by atoms with Gasteiger partial charge < -0.3 is 9.84 Å². The van der Waals surface area contributed by atoms with Crippen molar-refractivity contribution in [2.24, 2.45) is 0 Å². The first-order chi connectivity index (χ1) is 12.2. The molecule has 1 rings (SSSR count). The van der Waals surface area contributed by atoms with E-state index >= 15 is 0 Å². The van der Waals surface area contributed by atoms with Crippen LogP contribution in [0.4, 0.5) is 0 Å². The molecule has 1 saturated heterocycles. The quantitative estimate of drug-likeness (QED) is 0.109. The van der Waals surface area contributed by atoms with E-state index in [1.165, 1.54) is 25.7 Å². The Morgan fingerprint density at radius 1 is 1.16 bits per heavy atom. The number of epoxide rings is 1. The molecule has 1 aliphatic heterocycles. The van der Waals surface area contributed by atoms with Crippen LogP contribution in [0.3, 0.4) is 0 Å². The van der Waals surface area contributed by atoms with Gasteiger partial charge in [0.15, 0.2) is 0 Å². The van der Waals surface area contributed by atoms with E-state index < -0.39 is 12.1 Å². The first kappa shape index (κ1) is 21.6. The van der Waals surface area contributed by atoms with Crippen molar-refractivity contribution in [2.75, 3.05) is 0 Å². The largest absolute Gasteiger partial charge is 0.481 e. The maximum atomic E-state index is 10.4. The molecule has 0 radical (unpaired) electrons. The number of carboxylic acids is 1. The van der Waals surface area contributed by atoms with Gasteiger partial charge in [0.1, 0.15) is 6.10 Å². The average molecular weight is 352 g/mol. The molecule has 0 bridgehead atoms. The summed E-state index contributed by atoms with van der Waals surface area (Å²) in [5, 5.41) is 17.3. The molecule has 25 heavy (non-hydrogen) atoms. The fourth-order valence-electron chi connectivity index (χ4n) is 2.62. The molecule has 0 aromatic heterocycles. The number of hydrogen-bond donors (Lipinski definition) is 2. The Labute approximate surface area is 151 Å². The third-order valence-corrected chi connectivity index (χ3v) is 4.17. The average Bonchev–Trinajstić information content (AvgIpc) is 3.33. The fourth-order valence-corrected chi connectivity index (χ4v) is 2.62. The molecule has 5 heteroatoms. The summed E-state index contributed by atoms with van der Waals surface area (Å²) in [6.07, 6.45) is 20.1. The molecule has 3 atom stereocenters. The number of allylic oxidation sites excluding steroid dienone is 4. The third kappa shape index (κ3) is 11.7. The van der Waals surface area contributed by atoms with Gasteiger partial charge in [0.25, 0.3) is 0 Å². The fraction of sp³-hybridized carbons (Fsp3) is 0.650. The molecule has 5 nitrogen and oxygen atoms in total. The predicted molar refractivity (Wildman–Crippen MR) is 98.4 cm³/mol. The van der Waals surface area contributed by atoms with Crippen molar-refractivity contribution >= 4 is 5.97 Å². The van der Waals surface area contributed by atoms with Crippen molar-refractivity contribution in [3.63, 3.8) is 0 Å².